The Morgan fingerprint density at radius 1 is 1.05 bits per heavy atom. The van der Waals surface area contributed by atoms with Crippen LogP contribution in [-0.4, -0.2) is 69.7 Å². The number of aromatic nitrogens is 4. The molecule has 0 unspecified atom stereocenters. The number of fused-ring (bicyclic) bond motifs is 3. The second-order valence-corrected chi connectivity index (χ2v) is 12.1. The first-order valence-corrected chi connectivity index (χ1v) is 14.4. The third-order valence-electron chi connectivity index (χ3n) is 7.02. The molecule has 0 bridgehead atoms. The summed E-state index contributed by atoms with van der Waals surface area (Å²) in [5.41, 5.74) is 4.40. The minimum Gasteiger partial charge on any atom is -0.476 e. The number of pyridine rings is 1. The fraction of sp³-hybridized carbons (Fsp3) is 0.400. The number of rotatable bonds is 9. The van der Waals surface area contributed by atoms with Crippen LogP contribution in [0.4, 0.5) is 0 Å². The molecule has 10 heteroatoms. The summed E-state index contributed by atoms with van der Waals surface area (Å²) in [4.78, 5) is 26.3. The van der Waals surface area contributed by atoms with Gasteiger partial charge < -0.3 is 14.0 Å². The minimum absolute atomic E-state index is 0.104. The summed E-state index contributed by atoms with van der Waals surface area (Å²) in [7, 11) is 0. The Morgan fingerprint density at radius 2 is 1.85 bits per heavy atom. The second kappa shape index (κ2) is 11.1. The van der Waals surface area contributed by atoms with Crippen molar-refractivity contribution in [3.8, 4) is 17.1 Å². The van der Waals surface area contributed by atoms with Crippen LogP contribution >= 0.6 is 11.3 Å². The SMILES string of the molecule is CC(C)(C)c1cc(CC(=O)Cc2ccc(-c3cn4c(n3)sc3nc(OCCN5CCOCC5)ccc34)cc2)no1. The first-order valence-electron chi connectivity index (χ1n) is 13.6. The zero-order chi connectivity index (χ0) is 27.7. The lowest BCUT2D eigenvalue weighted by molar-refractivity contribution is -0.117. The Bertz CT molecular complexity index is 1620. The van der Waals surface area contributed by atoms with Gasteiger partial charge in [-0.15, -0.1) is 0 Å². The third kappa shape index (κ3) is 5.94. The molecule has 0 amide bonds. The molecule has 208 valence electrons. The van der Waals surface area contributed by atoms with Crippen LogP contribution in [0.15, 0.2) is 53.2 Å². The predicted octanol–water partition coefficient (Wildman–Crippen LogP) is 4.96. The van der Waals surface area contributed by atoms with Gasteiger partial charge in [0.1, 0.15) is 23.0 Å². The number of hydrogen-bond acceptors (Lipinski definition) is 9. The molecule has 40 heavy (non-hydrogen) atoms. The highest BCUT2D eigenvalue weighted by Crippen LogP contribution is 2.30. The predicted molar refractivity (Wildman–Crippen MR) is 154 cm³/mol. The summed E-state index contributed by atoms with van der Waals surface area (Å²) in [5.74, 6) is 1.53. The van der Waals surface area contributed by atoms with E-state index in [0.29, 0.717) is 24.6 Å². The Balaban J connectivity index is 1.08. The molecule has 1 aliphatic heterocycles. The number of carbonyl (C=O) groups is 1. The van der Waals surface area contributed by atoms with Crippen molar-refractivity contribution in [1.82, 2.24) is 24.4 Å². The molecule has 0 spiro atoms. The normalized spacial score (nSPS) is 14.8. The van der Waals surface area contributed by atoms with Crippen LogP contribution in [0.25, 0.3) is 26.6 Å². The number of morpholine rings is 1. The van der Waals surface area contributed by atoms with Crippen LogP contribution in [0.5, 0.6) is 5.88 Å². The van der Waals surface area contributed by atoms with Gasteiger partial charge >= 0.3 is 0 Å². The van der Waals surface area contributed by atoms with Crippen LogP contribution in [0.1, 0.15) is 37.8 Å². The van der Waals surface area contributed by atoms with Gasteiger partial charge in [0.05, 0.1) is 36.5 Å². The van der Waals surface area contributed by atoms with E-state index in [1.54, 1.807) is 11.3 Å². The minimum atomic E-state index is -0.130. The molecule has 5 heterocycles. The molecule has 1 aliphatic rings. The molecule has 1 aromatic carbocycles. The molecule has 0 aliphatic carbocycles. The average Bonchev–Trinajstić information content (AvgIpc) is 3.64. The first kappa shape index (κ1) is 26.6. The van der Waals surface area contributed by atoms with E-state index in [1.165, 1.54) is 0 Å². The summed E-state index contributed by atoms with van der Waals surface area (Å²) in [6.45, 7) is 11.1. The van der Waals surface area contributed by atoms with E-state index in [4.69, 9.17) is 24.0 Å². The topological polar surface area (TPSA) is 95.0 Å². The zero-order valence-corrected chi connectivity index (χ0v) is 23.9. The highest BCUT2D eigenvalue weighted by Gasteiger charge is 2.20. The van der Waals surface area contributed by atoms with Gasteiger partial charge in [0, 0.05) is 55.4 Å². The Morgan fingerprint density at radius 3 is 2.60 bits per heavy atom. The maximum absolute atomic E-state index is 12.6. The van der Waals surface area contributed by atoms with Crippen molar-refractivity contribution < 1.29 is 18.8 Å². The van der Waals surface area contributed by atoms with Crippen molar-refractivity contribution in [3.63, 3.8) is 0 Å². The number of ether oxygens (including phenoxy) is 2. The van der Waals surface area contributed by atoms with E-state index in [-0.39, 0.29) is 17.6 Å². The van der Waals surface area contributed by atoms with Gasteiger partial charge in [-0.1, -0.05) is 61.5 Å². The molecular weight excluding hydrogens is 526 g/mol. The van der Waals surface area contributed by atoms with E-state index in [0.717, 1.165) is 70.7 Å². The van der Waals surface area contributed by atoms with Crippen molar-refractivity contribution in [2.45, 2.75) is 39.0 Å². The van der Waals surface area contributed by atoms with E-state index in [9.17, 15) is 4.79 Å². The molecule has 0 N–H and O–H groups in total. The van der Waals surface area contributed by atoms with Gasteiger partial charge in [0.25, 0.3) is 0 Å². The first-order chi connectivity index (χ1) is 19.3. The van der Waals surface area contributed by atoms with Crippen LogP contribution in [0.2, 0.25) is 0 Å². The molecule has 1 fully saturated rings. The fourth-order valence-electron chi connectivity index (χ4n) is 4.73. The molecule has 4 aromatic heterocycles. The zero-order valence-electron chi connectivity index (χ0n) is 23.1. The van der Waals surface area contributed by atoms with Gasteiger partial charge in [-0.05, 0) is 11.6 Å². The van der Waals surface area contributed by atoms with Crippen LogP contribution in [0.3, 0.4) is 0 Å². The maximum atomic E-state index is 12.6. The van der Waals surface area contributed by atoms with Gasteiger partial charge in [0.2, 0.25) is 5.88 Å². The van der Waals surface area contributed by atoms with E-state index < -0.39 is 0 Å². The van der Waals surface area contributed by atoms with Gasteiger partial charge in [-0.2, -0.15) is 0 Å². The monoisotopic (exact) mass is 559 g/mol. The van der Waals surface area contributed by atoms with Gasteiger partial charge in [-0.25, -0.2) is 9.97 Å². The number of Topliss-reactive ketones (excluding diaryl/α,β-unsaturated/α-hetero) is 1. The lowest BCUT2D eigenvalue weighted by Gasteiger charge is -2.26. The third-order valence-corrected chi connectivity index (χ3v) is 7.99. The summed E-state index contributed by atoms with van der Waals surface area (Å²) >= 11 is 1.54. The molecule has 0 atom stereocenters. The fourth-order valence-corrected chi connectivity index (χ4v) is 5.70. The number of carbonyl (C=O) groups excluding carboxylic acids is 1. The molecule has 0 radical (unpaired) electrons. The molecule has 9 nitrogen and oxygen atoms in total. The highest BCUT2D eigenvalue weighted by molar-refractivity contribution is 7.23. The number of imidazole rings is 1. The summed E-state index contributed by atoms with van der Waals surface area (Å²) in [5, 5.41) is 4.07. The van der Waals surface area contributed by atoms with Crippen molar-refractivity contribution in [1.29, 1.82) is 0 Å². The van der Waals surface area contributed by atoms with Crippen molar-refractivity contribution in [2.24, 2.45) is 0 Å². The number of benzene rings is 1. The lowest BCUT2D eigenvalue weighted by atomic mass is 9.93. The van der Waals surface area contributed by atoms with Gasteiger partial charge in [-0.3, -0.25) is 14.1 Å². The van der Waals surface area contributed by atoms with E-state index in [1.807, 2.05) is 48.7 Å². The standard InChI is InChI=1S/C30H33N5O4S/c1-30(2,3)26-18-22(33-39-26)17-23(36)16-20-4-6-21(7-5-20)24-19-35-25-8-9-27(32-28(25)40-29(35)31-24)38-15-12-34-10-13-37-14-11-34/h4-9,18-19H,10-17H2,1-3H3. The largest absolute Gasteiger partial charge is 0.476 e. The summed E-state index contributed by atoms with van der Waals surface area (Å²) in [6.07, 6.45) is 2.65. The average molecular weight is 560 g/mol. The number of nitrogens with zero attached hydrogens (tertiary/aromatic N) is 5. The van der Waals surface area contributed by atoms with E-state index >= 15 is 0 Å². The van der Waals surface area contributed by atoms with Crippen molar-refractivity contribution >= 4 is 32.4 Å². The van der Waals surface area contributed by atoms with Crippen LogP contribution < -0.4 is 4.74 Å². The Hall–Kier alpha value is -3.60. The van der Waals surface area contributed by atoms with Crippen LogP contribution in [-0.2, 0) is 27.8 Å². The summed E-state index contributed by atoms with van der Waals surface area (Å²) < 4.78 is 18.8. The molecule has 0 saturated carbocycles. The highest BCUT2D eigenvalue weighted by atomic mass is 32.1. The molecule has 6 rings (SSSR count). The molecular formula is C30H33N5O4S. The van der Waals surface area contributed by atoms with E-state index in [2.05, 4.69) is 35.2 Å². The van der Waals surface area contributed by atoms with Crippen molar-refractivity contribution in [3.05, 3.63) is 65.7 Å². The summed E-state index contributed by atoms with van der Waals surface area (Å²) in [6, 6.07) is 13.9. The maximum Gasteiger partial charge on any atom is 0.214 e. The Labute approximate surface area is 236 Å². The second-order valence-electron chi connectivity index (χ2n) is 11.2. The van der Waals surface area contributed by atoms with Crippen LogP contribution in [0, 0.1) is 0 Å². The smallest absolute Gasteiger partial charge is 0.214 e. The van der Waals surface area contributed by atoms with Gasteiger partial charge in [0.15, 0.2) is 4.96 Å². The number of hydrogen-bond donors (Lipinski definition) is 0. The van der Waals surface area contributed by atoms with Crippen molar-refractivity contribution in [2.75, 3.05) is 39.5 Å². The quantitative estimate of drug-likeness (QED) is 0.250. The Kier molecular flexibility index (Phi) is 7.39. The lowest BCUT2D eigenvalue weighted by Crippen LogP contribution is -2.38. The number of ketones is 1. The number of thiazole rings is 1. The molecule has 5 aromatic rings. The molecule has 1 saturated heterocycles.